The molecule has 0 spiro atoms. The predicted octanol–water partition coefficient (Wildman–Crippen LogP) is 3.25. The number of pyridine rings is 1. The van der Waals surface area contributed by atoms with Crippen molar-refractivity contribution < 1.29 is 9.53 Å². The summed E-state index contributed by atoms with van der Waals surface area (Å²) in [5.41, 5.74) is 1.96. The molecule has 7 heteroatoms. The topological polar surface area (TPSA) is 69.0 Å². The van der Waals surface area contributed by atoms with Gasteiger partial charge in [0.25, 0.3) is 0 Å². The first kappa shape index (κ1) is 18.0. The highest BCUT2D eigenvalue weighted by molar-refractivity contribution is 7.99. The van der Waals surface area contributed by atoms with E-state index in [9.17, 15) is 4.79 Å². The van der Waals surface area contributed by atoms with Gasteiger partial charge < -0.3 is 10.1 Å². The number of hydrogen-bond acceptors (Lipinski definition) is 5. The number of rotatable bonds is 7. The second-order valence-electron chi connectivity index (χ2n) is 5.64. The van der Waals surface area contributed by atoms with Crippen LogP contribution in [-0.2, 0) is 4.79 Å². The van der Waals surface area contributed by atoms with Crippen molar-refractivity contribution in [2.24, 2.45) is 0 Å². The normalized spacial score (nSPS) is 11.8. The van der Waals surface area contributed by atoms with Gasteiger partial charge in [-0.3, -0.25) is 14.3 Å². The first-order chi connectivity index (χ1) is 12.7. The summed E-state index contributed by atoms with van der Waals surface area (Å²) in [6, 6.07) is 11.4. The molecule has 6 nitrogen and oxygen atoms in total. The van der Waals surface area contributed by atoms with E-state index in [0.29, 0.717) is 0 Å². The first-order valence-corrected chi connectivity index (χ1v) is 9.16. The lowest BCUT2D eigenvalue weighted by molar-refractivity contribution is -0.119. The first-order valence-electron chi connectivity index (χ1n) is 8.17. The van der Waals surface area contributed by atoms with Gasteiger partial charge in [0.05, 0.1) is 24.6 Å². The molecule has 1 aromatic carbocycles. The summed E-state index contributed by atoms with van der Waals surface area (Å²) in [5, 5.41) is 3.75. The number of benzene rings is 1. The summed E-state index contributed by atoms with van der Waals surface area (Å²) >= 11 is 1.39. The molecule has 1 N–H and O–H groups in total. The van der Waals surface area contributed by atoms with E-state index in [0.717, 1.165) is 22.2 Å². The van der Waals surface area contributed by atoms with Crippen molar-refractivity contribution in [2.75, 3.05) is 12.9 Å². The third kappa shape index (κ3) is 4.43. The molecule has 0 radical (unpaired) electrons. The van der Waals surface area contributed by atoms with E-state index in [1.807, 2.05) is 54.1 Å². The lowest BCUT2D eigenvalue weighted by Crippen LogP contribution is -2.28. The Kier molecular flexibility index (Phi) is 5.91. The lowest BCUT2D eigenvalue weighted by atomic mass is 10.1. The number of nitrogens with one attached hydrogen (secondary N) is 1. The van der Waals surface area contributed by atoms with Crippen LogP contribution in [0.25, 0.3) is 5.69 Å². The quantitative estimate of drug-likeness (QED) is 0.649. The summed E-state index contributed by atoms with van der Waals surface area (Å²) in [6.07, 6.45) is 7.03. The number of thioether (sulfide) groups is 1. The maximum Gasteiger partial charge on any atom is 0.230 e. The molecule has 1 unspecified atom stereocenters. The highest BCUT2D eigenvalue weighted by Crippen LogP contribution is 2.23. The molecule has 2 aromatic heterocycles. The van der Waals surface area contributed by atoms with Crippen LogP contribution >= 0.6 is 11.8 Å². The van der Waals surface area contributed by atoms with Crippen molar-refractivity contribution in [1.82, 2.24) is 19.9 Å². The van der Waals surface area contributed by atoms with Gasteiger partial charge in [-0.1, -0.05) is 17.8 Å². The molecule has 0 aliphatic rings. The van der Waals surface area contributed by atoms with Crippen molar-refractivity contribution in [3.8, 4) is 11.4 Å². The van der Waals surface area contributed by atoms with Crippen molar-refractivity contribution in [3.63, 3.8) is 0 Å². The molecule has 0 aliphatic heterocycles. The zero-order valence-electron chi connectivity index (χ0n) is 14.6. The van der Waals surface area contributed by atoms with E-state index in [2.05, 4.69) is 15.3 Å². The molecule has 3 aromatic rings. The number of nitrogens with zero attached hydrogens (tertiary/aromatic N) is 3. The third-order valence-electron chi connectivity index (χ3n) is 3.85. The Balaban J connectivity index is 1.62. The summed E-state index contributed by atoms with van der Waals surface area (Å²) in [7, 11) is 1.64. The van der Waals surface area contributed by atoms with Gasteiger partial charge in [0.2, 0.25) is 5.91 Å². The van der Waals surface area contributed by atoms with Crippen LogP contribution in [0, 0.1) is 0 Å². The maximum absolute atomic E-state index is 12.3. The van der Waals surface area contributed by atoms with Gasteiger partial charge in [-0.15, -0.1) is 0 Å². The minimum atomic E-state index is -0.0655. The Hall–Kier alpha value is -2.80. The number of aromatic nitrogens is 3. The number of carbonyl (C=O) groups is 1. The molecule has 1 amide bonds. The molecule has 134 valence electrons. The zero-order chi connectivity index (χ0) is 18.4. The molecule has 0 saturated carbocycles. The van der Waals surface area contributed by atoms with Gasteiger partial charge in [-0.05, 0) is 36.8 Å². The summed E-state index contributed by atoms with van der Waals surface area (Å²) in [5.74, 6) is 1.02. The molecule has 2 heterocycles. The number of carbonyl (C=O) groups excluding carboxylic acids is 1. The highest BCUT2D eigenvalue weighted by Gasteiger charge is 2.12. The van der Waals surface area contributed by atoms with E-state index in [1.165, 1.54) is 11.8 Å². The Bertz CT molecular complexity index is 867. The van der Waals surface area contributed by atoms with Gasteiger partial charge in [-0.25, -0.2) is 4.98 Å². The van der Waals surface area contributed by atoms with Crippen molar-refractivity contribution in [1.29, 1.82) is 0 Å². The van der Waals surface area contributed by atoms with E-state index in [-0.39, 0.29) is 17.7 Å². The molecule has 26 heavy (non-hydrogen) atoms. The van der Waals surface area contributed by atoms with Gasteiger partial charge in [0.1, 0.15) is 5.75 Å². The largest absolute Gasteiger partial charge is 0.497 e. The molecule has 3 rings (SSSR count). The third-order valence-corrected chi connectivity index (χ3v) is 4.82. The van der Waals surface area contributed by atoms with Crippen molar-refractivity contribution in [2.45, 2.75) is 18.1 Å². The van der Waals surface area contributed by atoms with Crippen LogP contribution in [0.1, 0.15) is 18.5 Å². The minimum absolute atomic E-state index is 0.0421. The minimum Gasteiger partial charge on any atom is -0.497 e. The van der Waals surface area contributed by atoms with Crippen LogP contribution in [0.5, 0.6) is 5.75 Å². The molecule has 0 bridgehead atoms. The average molecular weight is 368 g/mol. The van der Waals surface area contributed by atoms with Crippen LogP contribution < -0.4 is 10.1 Å². The molecular weight excluding hydrogens is 348 g/mol. The van der Waals surface area contributed by atoms with Crippen LogP contribution in [0.15, 0.2) is 66.3 Å². The van der Waals surface area contributed by atoms with Crippen molar-refractivity contribution in [3.05, 3.63) is 66.7 Å². The number of imidazole rings is 1. The number of amides is 1. The average Bonchev–Trinajstić information content (AvgIpc) is 3.16. The summed E-state index contributed by atoms with van der Waals surface area (Å²) < 4.78 is 7.20. The lowest BCUT2D eigenvalue weighted by Gasteiger charge is -2.14. The number of hydrogen-bond donors (Lipinski definition) is 1. The molecular formula is C19H20N4O2S. The number of ether oxygens (including phenoxy) is 1. The van der Waals surface area contributed by atoms with E-state index in [4.69, 9.17) is 4.74 Å². The smallest absolute Gasteiger partial charge is 0.230 e. The van der Waals surface area contributed by atoms with Gasteiger partial charge in [0.15, 0.2) is 5.16 Å². The Morgan fingerprint density at radius 3 is 2.85 bits per heavy atom. The van der Waals surface area contributed by atoms with Gasteiger partial charge in [-0.2, -0.15) is 0 Å². The zero-order valence-corrected chi connectivity index (χ0v) is 15.4. The summed E-state index contributed by atoms with van der Waals surface area (Å²) in [4.78, 5) is 20.6. The highest BCUT2D eigenvalue weighted by atomic mass is 32.2. The number of methoxy groups -OCH3 is 1. The van der Waals surface area contributed by atoms with Crippen molar-refractivity contribution >= 4 is 17.7 Å². The predicted molar refractivity (Wildman–Crippen MR) is 102 cm³/mol. The fourth-order valence-corrected chi connectivity index (χ4v) is 3.29. The Labute approximate surface area is 156 Å². The van der Waals surface area contributed by atoms with E-state index >= 15 is 0 Å². The Morgan fingerprint density at radius 2 is 2.08 bits per heavy atom. The fraction of sp³-hybridized carbons (Fsp3) is 0.211. The molecule has 0 saturated heterocycles. The monoisotopic (exact) mass is 368 g/mol. The van der Waals surface area contributed by atoms with Crippen LogP contribution in [0.3, 0.4) is 0 Å². The Morgan fingerprint density at radius 1 is 1.27 bits per heavy atom. The second-order valence-corrected chi connectivity index (χ2v) is 6.58. The van der Waals surface area contributed by atoms with Crippen LogP contribution in [0.4, 0.5) is 0 Å². The second kappa shape index (κ2) is 8.53. The fourth-order valence-electron chi connectivity index (χ4n) is 2.50. The molecule has 1 atom stereocenters. The maximum atomic E-state index is 12.3. The van der Waals surface area contributed by atoms with Crippen LogP contribution in [0.2, 0.25) is 0 Å². The molecule has 0 aliphatic carbocycles. The van der Waals surface area contributed by atoms with Gasteiger partial charge in [0, 0.05) is 30.9 Å². The molecule has 0 fully saturated rings. The van der Waals surface area contributed by atoms with E-state index in [1.54, 1.807) is 25.7 Å². The van der Waals surface area contributed by atoms with Crippen LogP contribution in [-0.4, -0.2) is 33.3 Å². The standard InChI is InChI=1S/C19H20N4O2S/c1-14(15-6-8-20-9-7-15)22-18(24)13-26-19-21-10-11-23(19)16-4-3-5-17(12-16)25-2/h3-12,14H,13H2,1-2H3,(H,22,24). The SMILES string of the molecule is COc1cccc(-n2ccnc2SCC(=O)NC(C)c2ccncc2)c1. The summed E-state index contributed by atoms with van der Waals surface area (Å²) in [6.45, 7) is 1.95. The van der Waals surface area contributed by atoms with Gasteiger partial charge >= 0.3 is 0 Å². The van der Waals surface area contributed by atoms with E-state index < -0.39 is 0 Å².